The fourth-order valence-electron chi connectivity index (χ4n) is 2.50. The maximum atomic E-state index is 12.6. The summed E-state index contributed by atoms with van der Waals surface area (Å²) in [5, 5.41) is 35.3. The molecule has 0 saturated carbocycles. The molecule has 0 aliphatic carbocycles. The molecule has 0 radical (unpaired) electrons. The third-order valence-corrected chi connectivity index (χ3v) is 4.39. The number of carbonyl (C=O) groups is 5. The number of aliphatic hydroxyl groups is 2. The van der Waals surface area contributed by atoms with Gasteiger partial charge in [0.05, 0.1) is 18.2 Å². The first-order chi connectivity index (χ1) is 14.2. The Hall–Kier alpha value is -2.77. The molecule has 0 heterocycles. The number of primary amides is 1. The van der Waals surface area contributed by atoms with Gasteiger partial charge in [0.2, 0.25) is 23.6 Å². The summed E-state index contributed by atoms with van der Waals surface area (Å²) < 4.78 is 0. The minimum absolute atomic E-state index is 0.0672. The highest BCUT2D eigenvalue weighted by molar-refractivity contribution is 5.94. The molecule has 6 unspecified atom stereocenters. The first kappa shape index (κ1) is 28.2. The van der Waals surface area contributed by atoms with Crippen LogP contribution in [-0.2, 0) is 24.0 Å². The van der Waals surface area contributed by atoms with Gasteiger partial charge in [-0.1, -0.05) is 13.8 Å². The molecule has 0 aromatic carbocycles. The van der Waals surface area contributed by atoms with Crippen molar-refractivity contribution in [2.24, 2.45) is 17.4 Å². The average molecular weight is 447 g/mol. The molecule has 0 saturated heterocycles. The van der Waals surface area contributed by atoms with E-state index in [9.17, 15) is 34.2 Å². The Kier molecular flexibility index (Phi) is 11.7. The van der Waals surface area contributed by atoms with Crippen LogP contribution in [0.1, 0.15) is 40.5 Å². The van der Waals surface area contributed by atoms with Crippen LogP contribution in [-0.4, -0.2) is 81.3 Å². The average Bonchev–Trinajstić information content (AvgIpc) is 2.64. The van der Waals surface area contributed by atoms with Crippen molar-refractivity contribution < 1.29 is 39.3 Å². The summed E-state index contributed by atoms with van der Waals surface area (Å²) in [5.41, 5.74) is 10.6. The molecule has 6 atom stereocenters. The van der Waals surface area contributed by atoms with E-state index in [0.29, 0.717) is 0 Å². The van der Waals surface area contributed by atoms with Gasteiger partial charge in [-0.05, 0) is 26.2 Å². The number of hydrogen-bond acceptors (Lipinski definition) is 8. The normalized spacial score (nSPS) is 16.9. The molecule has 31 heavy (non-hydrogen) atoms. The Labute approximate surface area is 179 Å². The maximum Gasteiger partial charge on any atom is 0.328 e. The standard InChI is InChI=1S/C18H33N5O8/c1-7(2)12(16(28)23-14(9(4)25)18(30)31)21-17(29)13(8(3)24)22-15(27)10(19)5-6-11(20)26/h7-10,12-14,24-25H,5-6,19H2,1-4H3,(H2,20,26)(H,21,29)(H,22,27)(H,23,28)(H,30,31). The molecule has 10 N–H and O–H groups in total. The van der Waals surface area contributed by atoms with Crippen LogP contribution in [0.25, 0.3) is 0 Å². The molecule has 13 nitrogen and oxygen atoms in total. The molecule has 0 aromatic heterocycles. The Morgan fingerprint density at radius 1 is 0.774 bits per heavy atom. The van der Waals surface area contributed by atoms with Crippen molar-refractivity contribution in [2.45, 2.75) is 76.9 Å². The predicted octanol–water partition coefficient (Wildman–Crippen LogP) is -3.46. The van der Waals surface area contributed by atoms with E-state index in [-0.39, 0.29) is 12.8 Å². The summed E-state index contributed by atoms with van der Waals surface area (Å²) in [5.74, 6) is -5.22. The van der Waals surface area contributed by atoms with Crippen molar-refractivity contribution in [1.29, 1.82) is 0 Å². The zero-order valence-electron chi connectivity index (χ0n) is 18.0. The minimum atomic E-state index is -1.60. The summed E-state index contributed by atoms with van der Waals surface area (Å²) >= 11 is 0. The van der Waals surface area contributed by atoms with E-state index in [1.165, 1.54) is 13.8 Å². The molecule has 0 bridgehead atoms. The Bertz CT molecular complexity index is 667. The molecular weight excluding hydrogens is 414 g/mol. The van der Waals surface area contributed by atoms with Gasteiger partial charge in [0.25, 0.3) is 0 Å². The lowest BCUT2D eigenvalue weighted by Gasteiger charge is -2.28. The van der Waals surface area contributed by atoms with Crippen LogP contribution < -0.4 is 27.4 Å². The second kappa shape index (κ2) is 12.8. The number of carbonyl (C=O) groups excluding carboxylic acids is 4. The second-order valence-electron chi connectivity index (χ2n) is 7.63. The summed E-state index contributed by atoms with van der Waals surface area (Å²) in [7, 11) is 0. The first-order valence-corrected chi connectivity index (χ1v) is 9.72. The SMILES string of the molecule is CC(C)C(NC(=O)C(NC(=O)C(N)CCC(N)=O)C(C)O)C(=O)NC(C(=O)O)C(C)O. The van der Waals surface area contributed by atoms with Crippen molar-refractivity contribution in [3.05, 3.63) is 0 Å². The molecule has 0 spiro atoms. The minimum Gasteiger partial charge on any atom is -0.480 e. The van der Waals surface area contributed by atoms with Crippen LogP contribution in [0.15, 0.2) is 0 Å². The first-order valence-electron chi connectivity index (χ1n) is 9.72. The van der Waals surface area contributed by atoms with Crippen molar-refractivity contribution in [2.75, 3.05) is 0 Å². The maximum absolute atomic E-state index is 12.6. The quantitative estimate of drug-likeness (QED) is 0.140. The fraction of sp³-hybridized carbons (Fsp3) is 0.722. The molecular formula is C18H33N5O8. The lowest BCUT2D eigenvalue weighted by atomic mass is 10.0. The monoisotopic (exact) mass is 447 g/mol. The van der Waals surface area contributed by atoms with Crippen LogP contribution in [0, 0.1) is 5.92 Å². The summed E-state index contributed by atoms with van der Waals surface area (Å²) in [4.78, 5) is 59.3. The smallest absolute Gasteiger partial charge is 0.328 e. The lowest BCUT2D eigenvalue weighted by Crippen LogP contribution is -2.61. The van der Waals surface area contributed by atoms with Crippen molar-refractivity contribution in [3.63, 3.8) is 0 Å². The van der Waals surface area contributed by atoms with Gasteiger partial charge < -0.3 is 42.7 Å². The molecule has 0 rings (SSSR count). The predicted molar refractivity (Wildman–Crippen MR) is 108 cm³/mol. The van der Waals surface area contributed by atoms with E-state index >= 15 is 0 Å². The number of amides is 4. The molecule has 0 fully saturated rings. The van der Waals surface area contributed by atoms with E-state index in [2.05, 4.69) is 16.0 Å². The van der Waals surface area contributed by atoms with Gasteiger partial charge in [-0.25, -0.2) is 4.79 Å². The topological polar surface area (TPSA) is 234 Å². The van der Waals surface area contributed by atoms with E-state index in [4.69, 9.17) is 16.6 Å². The Morgan fingerprint density at radius 3 is 1.58 bits per heavy atom. The molecule has 0 aromatic rings. The number of carboxylic acids is 1. The summed E-state index contributed by atoms with van der Waals surface area (Å²) in [6.45, 7) is 5.58. The van der Waals surface area contributed by atoms with E-state index in [1.54, 1.807) is 13.8 Å². The number of rotatable bonds is 13. The van der Waals surface area contributed by atoms with Crippen LogP contribution in [0.5, 0.6) is 0 Å². The molecule has 0 aliphatic heterocycles. The van der Waals surface area contributed by atoms with Gasteiger partial charge in [0.15, 0.2) is 6.04 Å². The van der Waals surface area contributed by atoms with Gasteiger partial charge in [-0.2, -0.15) is 0 Å². The Balaban J connectivity index is 5.31. The number of aliphatic hydroxyl groups excluding tert-OH is 2. The van der Waals surface area contributed by atoms with Crippen molar-refractivity contribution in [3.8, 4) is 0 Å². The number of hydrogen-bond donors (Lipinski definition) is 8. The molecule has 13 heteroatoms. The fourth-order valence-corrected chi connectivity index (χ4v) is 2.50. The van der Waals surface area contributed by atoms with Crippen LogP contribution in [0.4, 0.5) is 0 Å². The molecule has 0 aliphatic rings. The van der Waals surface area contributed by atoms with Gasteiger partial charge in [0, 0.05) is 6.42 Å². The zero-order chi connectivity index (χ0) is 24.5. The van der Waals surface area contributed by atoms with Crippen LogP contribution in [0.3, 0.4) is 0 Å². The van der Waals surface area contributed by atoms with Crippen LogP contribution in [0.2, 0.25) is 0 Å². The summed E-state index contributed by atoms with van der Waals surface area (Å²) in [6, 6.07) is -5.46. The van der Waals surface area contributed by atoms with Crippen LogP contribution >= 0.6 is 0 Å². The largest absolute Gasteiger partial charge is 0.480 e. The highest BCUT2D eigenvalue weighted by Gasteiger charge is 2.34. The third-order valence-electron chi connectivity index (χ3n) is 4.39. The van der Waals surface area contributed by atoms with Gasteiger partial charge in [0.1, 0.15) is 12.1 Å². The number of carboxylic acid groups (broad SMARTS) is 1. The van der Waals surface area contributed by atoms with Gasteiger partial charge in [-0.15, -0.1) is 0 Å². The van der Waals surface area contributed by atoms with E-state index < -0.39 is 71.9 Å². The van der Waals surface area contributed by atoms with Crippen molar-refractivity contribution >= 4 is 29.6 Å². The molecule has 178 valence electrons. The van der Waals surface area contributed by atoms with Gasteiger partial charge in [-0.3, -0.25) is 19.2 Å². The highest BCUT2D eigenvalue weighted by Crippen LogP contribution is 2.06. The van der Waals surface area contributed by atoms with Crippen molar-refractivity contribution in [1.82, 2.24) is 16.0 Å². The number of aliphatic carboxylic acids is 1. The Morgan fingerprint density at radius 2 is 1.19 bits per heavy atom. The van der Waals surface area contributed by atoms with E-state index in [0.717, 1.165) is 0 Å². The van der Waals surface area contributed by atoms with E-state index in [1.807, 2.05) is 0 Å². The zero-order valence-corrected chi connectivity index (χ0v) is 18.0. The summed E-state index contributed by atoms with van der Waals surface area (Å²) in [6.07, 6.45) is -2.98. The second-order valence-corrected chi connectivity index (χ2v) is 7.63. The molecule has 4 amide bonds. The highest BCUT2D eigenvalue weighted by atomic mass is 16.4. The number of nitrogens with one attached hydrogen (secondary N) is 3. The number of nitrogens with two attached hydrogens (primary N) is 2. The lowest BCUT2D eigenvalue weighted by molar-refractivity contribution is -0.145. The van der Waals surface area contributed by atoms with Gasteiger partial charge >= 0.3 is 5.97 Å². The third kappa shape index (κ3) is 9.72.